The van der Waals surface area contributed by atoms with Crippen LogP contribution in [0.3, 0.4) is 0 Å². The number of piperidine rings is 3. The average molecular weight is 1400 g/mol. The molecular formula is C83H96N6O12S. The third kappa shape index (κ3) is 19.8. The zero-order valence-electron chi connectivity index (χ0n) is 59.6. The molecule has 536 valence electrons. The van der Waals surface area contributed by atoms with Crippen LogP contribution in [-0.4, -0.2) is 161 Å². The molecule has 18 nitrogen and oxygen atoms in total. The van der Waals surface area contributed by atoms with E-state index in [9.17, 15) is 44.1 Å². The Morgan fingerprint density at radius 3 is 0.922 bits per heavy atom. The number of amides is 6. The van der Waals surface area contributed by atoms with Gasteiger partial charge in [0.2, 0.25) is 17.7 Å². The fourth-order valence-corrected chi connectivity index (χ4v) is 14.8. The lowest BCUT2D eigenvalue weighted by Gasteiger charge is -2.33. The number of hydrogen-bond donors (Lipinski definition) is 6. The molecule has 6 aliphatic rings. The maximum atomic E-state index is 13.0. The molecule has 0 bridgehead atoms. The Labute approximate surface area is 603 Å². The average Bonchev–Trinajstić information content (AvgIpc) is 1.83. The lowest BCUT2D eigenvalue weighted by Crippen LogP contribution is -2.45. The number of rotatable bonds is 13. The van der Waals surface area contributed by atoms with Crippen molar-refractivity contribution in [3.8, 4) is 0 Å². The molecule has 4 heterocycles. The van der Waals surface area contributed by atoms with Gasteiger partial charge in [-0.2, -0.15) is 0 Å². The smallest absolute Gasteiger partial charge is 0.407 e. The Kier molecular flexibility index (Phi) is 25.7. The summed E-state index contributed by atoms with van der Waals surface area (Å²) in [4.78, 5) is 82.5. The summed E-state index contributed by atoms with van der Waals surface area (Å²) < 4.78 is 15.3. The van der Waals surface area contributed by atoms with Crippen LogP contribution >= 0.6 is 11.8 Å². The first-order chi connectivity index (χ1) is 49.1. The summed E-state index contributed by atoms with van der Waals surface area (Å²) in [5.41, 5.74) is 18.9. The number of ether oxygens (including phenoxy) is 3. The molecule has 3 fully saturated rings. The molecule has 19 heteroatoms. The van der Waals surface area contributed by atoms with Crippen molar-refractivity contribution in [2.75, 3.05) is 65.7 Å². The van der Waals surface area contributed by atoms with E-state index in [1.54, 1.807) is 60.2 Å². The van der Waals surface area contributed by atoms with Crippen LogP contribution in [0.2, 0.25) is 0 Å². The van der Waals surface area contributed by atoms with Gasteiger partial charge in [0, 0.05) is 68.3 Å². The molecule has 0 aromatic heterocycles. The highest BCUT2D eigenvalue weighted by Crippen LogP contribution is 2.48. The molecular weight excluding hydrogens is 1310 g/mol. The molecule has 3 atom stereocenters. The first-order valence-corrected chi connectivity index (χ1v) is 36.3. The van der Waals surface area contributed by atoms with Crippen LogP contribution in [0.1, 0.15) is 162 Å². The van der Waals surface area contributed by atoms with Crippen LogP contribution in [0, 0.1) is 0 Å². The second-order valence-electron chi connectivity index (χ2n) is 28.1. The van der Waals surface area contributed by atoms with Gasteiger partial charge in [-0.15, -0.1) is 0 Å². The summed E-state index contributed by atoms with van der Waals surface area (Å²) in [7, 11) is 0. The number of aliphatic hydroxyl groups is 3. The highest BCUT2D eigenvalue weighted by molar-refractivity contribution is 7.99. The normalized spacial score (nSPS) is 16.2. The molecule has 3 unspecified atom stereocenters. The number of carbonyl (C=O) groups excluding carboxylic acids is 6. The molecule has 0 spiro atoms. The number of nitrogens with zero attached hydrogens (tertiary/aromatic N) is 3. The van der Waals surface area contributed by atoms with Crippen molar-refractivity contribution in [2.45, 2.75) is 145 Å². The summed E-state index contributed by atoms with van der Waals surface area (Å²) in [5, 5.41) is 36.7. The standard InChI is InChI=1S/C29H34N2O4.C27H32N2O4S.C27H30N2O4/c1-29(2,3)35-28(34)30-23(19-32)18-26(33)31-16-14-22(15-17-31)27-24-10-6-4-8-20(24)12-13-21-9-5-7-11-25(21)27;1-27(2,3)33-26(32)28-19(17-30)16-24(31)29-14-12-18(13-15-29)25-20-8-4-6-10-22(20)34-23-11-7-5-9-21(23)25;1-2-33-27(32)28-22(18-30)17-25(31)29-15-13-21(14-16-29)26-23-9-5-3-7-19(23)11-12-20-8-4-6-10-24(20)26/h4-13,23,32H,14-19H2,1-3H3,(H,30,34);4-11,19,30H,12-17H2,1-3H3,(H,28,32);3-12,22,30H,2,13-18H2,1H3,(H,28,32). The van der Waals surface area contributed by atoms with Crippen LogP contribution in [0.5, 0.6) is 0 Å². The summed E-state index contributed by atoms with van der Waals surface area (Å²) in [5.74, 6) is -0.218. The van der Waals surface area contributed by atoms with Crippen LogP contribution in [-0.2, 0) is 28.6 Å². The van der Waals surface area contributed by atoms with Gasteiger partial charge in [0.1, 0.15) is 11.2 Å². The Balaban J connectivity index is 0.000000165. The maximum absolute atomic E-state index is 13.0. The number of fused-ring (bicyclic) bond motifs is 6. The van der Waals surface area contributed by atoms with Gasteiger partial charge in [-0.3, -0.25) is 14.4 Å². The minimum Gasteiger partial charge on any atom is -0.450 e. The number of carbonyl (C=O) groups is 6. The van der Waals surface area contributed by atoms with Crippen LogP contribution in [0.15, 0.2) is 172 Å². The number of alkyl carbamates (subject to hydrolysis) is 3. The maximum Gasteiger partial charge on any atom is 0.407 e. The minimum atomic E-state index is -0.677. The topological polar surface area (TPSA) is 237 Å². The van der Waals surface area contributed by atoms with Crippen molar-refractivity contribution in [1.29, 1.82) is 0 Å². The highest BCUT2D eigenvalue weighted by Gasteiger charge is 2.32. The number of benzene rings is 6. The summed E-state index contributed by atoms with van der Waals surface area (Å²) in [6.07, 6.45) is 11.7. The molecule has 2 aliphatic carbocycles. The zero-order valence-corrected chi connectivity index (χ0v) is 60.4. The van der Waals surface area contributed by atoms with Crippen molar-refractivity contribution >= 4 is 88.8 Å². The third-order valence-corrected chi connectivity index (χ3v) is 19.7. The molecule has 4 aliphatic heterocycles. The van der Waals surface area contributed by atoms with Crippen molar-refractivity contribution in [2.24, 2.45) is 0 Å². The molecule has 6 amide bonds. The largest absolute Gasteiger partial charge is 0.450 e. The van der Waals surface area contributed by atoms with Gasteiger partial charge < -0.3 is 60.2 Å². The third-order valence-electron chi connectivity index (χ3n) is 18.5. The molecule has 3 saturated heterocycles. The highest BCUT2D eigenvalue weighted by atomic mass is 32.2. The monoisotopic (exact) mass is 1400 g/mol. The van der Waals surface area contributed by atoms with E-state index in [0.29, 0.717) is 39.3 Å². The van der Waals surface area contributed by atoms with E-state index in [-0.39, 0.29) is 63.4 Å². The van der Waals surface area contributed by atoms with E-state index < -0.39 is 47.6 Å². The minimum absolute atomic E-state index is 0.0389. The summed E-state index contributed by atoms with van der Waals surface area (Å²) >= 11 is 1.81. The first kappa shape index (κ1) is 75.1. The summed E-state index contributed by atoms with van der Waals surface area (Å²) in [6.45, 7) is 15.3. The first-order valence-electron chi connectivity index (χ1n) is 35.4. The van der Waals surface area contributed by atoms with Crippen LogP contribution < -0.4 is 16.0 Å². The van der Waals surface area contributed by atoms with E-state index in [2.05, 4.69) is 186 Å². The van der Waals surface area contributed by atoms with E-state index in [1.165, 1.54) is 98.9 Å². The number of aliphatic hydroxyl groups excluding tert-OH is 3. The molecule has 0 radical (unpaired) electrons. The van der Waals surface area contributed by atoms with Crippen molar-refractivity contribution in [3.05, 3.63) is 218 Å². The van der Waals surface area contributed by atoms with E-state index >= 15 is 0 Å². The SMILES string of the molecule is CC(C)(C)OC(=O)NC(CO)CC(=O)N1CCC(=C2c3ccccc3C=Cc3ccccc32)CC1.CC(C)(C)OC(=O)NC(CO)CC(=O)N1CCC(=C2c3ccccc3Sc3ccccc32)CC1.CCOC(=O)NC(CO)CC(=O)N1CCC(=C2c3ccccc3C=Cc3ccccc32)CC1. The van der Waals surface area contributed by atoms with Gasteiger partial charge in [-0.1, -0.05) is 186 Å². The van der Waals surface area contributed by atoms with E-state index in [0.717, 1.165) is 38.5 Å². The fourth-order valence-electron chi connectivity index (χ4n) is 13.7. The fraction of sp³-hybridized carbons (Fsp3) is 0.373. The Bertz CT molecular complexity index is 4020. The molecule has 6 N–H and O–H groups in total. The van der Waals surface area contributed by atoms with Gasteiger partial charge in [0.25, 0.3) is 0 Å². The van der Waals surface area contributed by atoms with E-state index in [1.807, 2.05) is 14.7 Å². The molecule has 0 saturated carbocycles. The number of likely N-dealkylation sites (tertiary alicyclic amines) is 3. The van der Waals surface area contributed by atoms with Gasteiger partial charge in [-0.05, 0) is 171 Å². The molecule has 102 heavy (non-hydrogen) atoms. The Morgan fingerprint density at radius 2 is 0.647 bits per heavy atom. The van der Waals surface area contributed by atoms with Gasteiger partial charge in [0.05, 0.1) is 44.6 Å². The van der Waals surface area contributed by atoms with Gasteiger partial charge in [0.15, 0.2) is 0 Å². The zero-order chi connectivity index (χ0) is 72.5. The van der Waals surface area contributed by atoms with Crippen LogP contribution in [0.4, 0.5) is 14.4 Å². The van der Waals surface area contributed by atoms with Crippen molar-refractivity contribution < 1.29 is 58.3 Å². The number of nitrogens with one attached hydrogen (secondary N) is 3. The Hall–Kier alpha value is -9.53. The predicted octanol–water partition coefficient (Wildman–Crippen LogP) is 13.8. The second kappa shape index (κ2) is 34.9. The van der Waals surface area contributed by atoms with Gasteiger partial charge in [-0.25, -0.2) is 14.4 Å². The second-order valence-corrected chi connectivity index (χ2v) is 29.2. The summed E-state index contributed by atoms with van der Waals surface area (Å²) in [6, 6.07) is 48.8. The molecule has 12 rings (SSSR count). The quantitative estimate of drug-likeness (QED) is 0.0590. The van der Waals surface area contributed by atoms with Crippen molar-refractivity contribution in [1.82, 2.24) is 30.7 Å². The number of hydrogen-bond acceptors (Lipinski definition) is 13. The van der Waals surface area contributed by atoms with E-state index in [4.69, 9.17) is 14.2 Å². The van der Waals surface area contributed by atoms with Crippen LogP contribution in [0.25, 0.3) is 41.0 Å². The molecule has 6 aromatic carbocycles. The Morgan fingerprint density at radius 1 is 0.392 bits per heavy atom. The lowest BCUT2D eigenvalue weighted by atomic mass is 9.86. The lowest BCUT2D eigenvalue weighted by molar-refractivity contribution is -0.133. The molecule has 6 aromatic rings. The van der Waals surface area contributed by atoms with Gasteiger partial charge >= 0.3 is 18.3 Å². The predicted molar refractivity (Wildman–Crippen MR) is 402 cm³/mol. The van der Waals surface area contributed by atoms with Crippen molar-refractivity contribution in [3.63, 3.8) is 0 Å².